The summed E-state index contributed by atoms with van der Waals surface area (Å²) in [6.07, 6.45) is 3.26. The van der Waals surface area contributed by atoms with Crippen LogP contribution in [-0.4, -0.2) is 16.0 Å². The Morgan fingerprint density at radius 3 is 1.67 bits per heavy atom. The molecule has 0 unspecified atom stereocenters. The van der Waals surface area contributed by atoms with E-state index in [1.165, 1.54) is 0 Å². The van der Waals surface area contributed by atoms with Crippen molar-refractivity contribution in [3.8, 4) is 11.5 Å². The third-order valence-corrected chi connectivity index (χ3v) is 4.40. The minimum Gasteiger partial charge on any atom is -0.508 e. The average molecular weight is 282 g/mol. The van der Waals surface area contributed by atoms with Gasteiger partial charge in [0.25, 0.3) is 0 Å². The van der Waals surface area contributed by atoms with Crippen LogP contribution in [0, 0.1) is 0 Å². The minimum absolute atomic E-state index is 0.197. The molecule has 2 N–H and O–H groups in total. The maximum Gasteiger partial charge on any atom is 0.147 e. The van der Waals surface area contributed by atoms with E-state index in [1.54, 1.807) is 24.3 Å². The summed E-state index contributed by atoms with van der Waals surface area (Å²) < 4.78 is 0. The van der Waals surface area contributed by atoms with Crippen molar-refractivity contribution in [2.45, 2.75) is 31.1 Å². The molecule has 2 aromatic carbocycles. The number of hydrogen-bond donors (Lipinski definition) is 2. The molecule has 0 saturated heterocycles. The lowest BCUT2D eigenvalue weighted by Gasteiger charge is -2.37. The monoisotopic (exact) mass is 282 g/mol. The van der Waals surface area contributed by atoms with Gasteiger partial charge in [0.2, 0.25) is 0 Å². The van der Waals surface area contributed by atoms with Gasteiger partial charge >= 0.3 is 0 Å². The number of phenols is 2. The number of ketones is 1. The summed E-state index contributed by atoms with van der Waals surface area (Å²) in [5.74, 6) is 0.607. The van der Waals surface area contributed by atoms with Gasteiger partial charge in [-0.1, -0.05) is 30.7 Å². The van der Waals surface area contributed by atoms with Gasteiger partial charge in [-0.15, -0.1) is 0 Å². The van der Waals surface area contributed by atoms with E-state index in [-0.39, 0.29) is 17.3 Å². The van der Waals surface area contributed by atoms with Gasteiger partial charge in [0.15, 0.2) is 0 Å². The van der Waals surface area contributed by atoms with Crippen LogP contribution in [0.2, 0.25) is 0 Å². The molecule has 108 valence electrons. The highest BCUT2D eigenvalue weighted by atomic mass is 16.3. The van der Waals surface area contributed by atoms with Crippen molar-refractivity contribution < 1.29 is 15.0 Å². The van der Waals surface area contributed by atoms with Gasteiger partial charge in [-0.3, -0.25) is 4.79 Å². The van der Waals surface area contributed by atoms with Gasteiger partial charge in [-0.05, 0) is 48.2 Å². The minimum atomic E-state index is -0.653. The molecular formula is C18H18O3. The van der Waals surface area contributed by atoms with Crippen molar-refractivity contribution in [2.75, 3.05) is 0 Å². The Labute approximate surface area is 123 Å². The van der Waals surface area contributed by atoms with Gasteiger partial charge in [0, 0.05) is 6.42 Å². The summed E-state index contributed by atoms with van der Waals surface area (Å²) >= 11 is 0. The summed E-state index contributed by atoms with van der Waals surface area (Å²) in [6.45, 7) is 0. The third kappa shape index (κ3) is 2.29. The second-order valence-electron chi connectivity index (χ2n) is 5.63. The Balaban J connectivity index is 2.17. The Morgan fingerprint density at radius 2 is 1.24 bits per heavy atom. The van der Waals surface area contributed by atoms with Crippen LogP contribution in [0.5, 0.6) is 11.5 Å². The van der Waals surface area contributed by atoms with Crippen LogP contribution in [-0.2, 0) is 10.2 Å². The lowest BCUT2D eigenvalue weighted by Crippen LogP contribution is -2.39. The molecule has 1 aliphatic rings. The Morgan fingerprint density at radius 1 is 0.762 bits per heavy atom. The molecule has 0 radical (unpaired) electrons. The van der Waals surface area contributed by atoms with Gasteiger partial charge < -0.3 is 10.2 Å². The predicted molar refractivity (Wildman–Crippen MR) is 80.5 cm³/mol. The van der Waals surface area contributed by atoms with Gasteiger partial charge in [0.05, 0.1) is 5.41 Å². The second-order valence-corrected chi connectivity index (χ2v) is 5.63. The molecule has 3 heteroatoms. The van der Waals surface area contributed by atoms with Crippen molar-refractivity contribution in [1.29, 1.82) is 0 Å². The standard InChI is InChI=1S/C18H18O3/c19-15-8-4-13(5-9-15)18(12-2-1-3-17(18)21)14-6-10-16(20)11-7-14/h4-11,19-20H,1-3,12H2. The Kier molecular flexibility index (Phi) is 3.42. The average Bonchev–Trinajstić information content (AvgIpc) is 2.50. The molecule has 0 aliphatic heterocycles. The molecule has 1 aliphatic carbocycles. The molecule has 0 atom stereocenters. The fourth-order valence-electron chi connectivity index (χ4n) is 3.30. The number of hydrogen-bond acceptors (Lipinski definition) is 3. The van der Waals surface area contributed by atoms with E-state index in [1.807, 2.05) is 24.3 Å². The molecule has 0 heterocycles. The zero-order valence-corrected chi connectivity index (χ0v) is 11.7. The predicted octanol–water partition coefficient (Wildman–Crippen LogP) is 3.53. The first-order valence-corrected chi connectivity index (χ1v) is 7.25. The summed E-state index contributed by atoms with van der Waals surface area (Å²) in [5, 5.41) is 19.0. The van der Waals surface area contributed by atoms with Crippen molar-refractivity contribution >= 4 is 5.78 Å². The molecule has 1 saturated carbocycles. The number of carbonyl (C=O) groups is 1. The maximum absolute atomic E-state index is 12.8. The summed E-state index contributed by atoms with van der Waals surface area (Å²) in [7, 11) is 0. The van der Waals surface area contributed by atoms with Crippen LogP contribution < -0.4 is 0 Å². The topological polar surface area (TPSA) is 57.5 Å². The molecule has 3 nitrogen and oxygen atoms in total. The Hall–Kier alpha value is -2.29. The first-order valence-electron chi connectivity index (χ1n) is 7.25. The quantitative estimate of drug-likeness (QED) is 0.886. The normalized spacial score (nSPS) is 17.6. The fraction of sp³-hybridized carbons (Fsp3) is 0.278. The molecular weight excluding hydrogens is 264 g/mol. The number of rotatable bonds is 2. The fourth-order valence-corrected chi connectivity index (χ4v) is 3.30. The van der Waals surface area contributed by atoms with E-state index in [2.05, 4.69) is 0 Å². The Bertz CT molecular complexity index is 596. The summed E-state index contributed by atoms with van der Waals surface area (Å²) in [4.78, 5) is 12.8. The number of Topliss-reactive ketones (excluding diaryl/α,β-unsaturated/α-hetero) is 1. The van der Waals surface area contributed by atoms with Crippen LogP contribution in [0.4, 0.5) is 0 Å². The van der Waals surface area contributed by atoms with E-state index < -0.39 is 5.41 Å². The lowest BCUT2D eigenvalue weighted by atomic mass is 9.64. The molecule has 0 bridgehead atoms. The van der Waals surface area contributed by atoms with Crippen molar-refractivity contribution in [2.24, 2.45) is 0 Å². The number of benzene rings is 2. The zero-order valence-electron chi connectivity index (χ0n) is 11.7. The summed E-state index contributed by atoms with van der Waals surface area (Å²) in [6, 6.07) is 13.8. The number of phenolic OH excluding ortho intramolecular Hbond substituents is 2. The number of aromatic hydroxyl groups is 2. The molecule has 3 rings (SSSR count). The molecule has 0 amide bonds. The van der Waals surface area contributed by atoms with E-state index in [0.717, 1.165) is 30.4 Å². The van der Waals surface area contributed by atoms with Crippen molar-refractivity contribution in [1.82, 2.24) is 0 Å². The smallest absolute Gasteiger partial charge is 0.147 e. The third-order valence-electron chi connectivity index (χ3n) is 4.40. The van der Waals surface area contributed by atoms with Crippen molar-refractivity contribution in [3.63, 3.8) is 0 Å². The summed E-state index contributed by atoms with van der Waals surface area (Å²) in [5.41, 5.74) is 1.17. The van der Waals surface area contributed by atoms with Crippen molar-refractivity contribution in [3.05, 3.63) is 59.7 Å². The molecule has 21 heavy (non-hydrogen) atoms. The van der Waals surface area contributed by atoms with E-state index in [0.29, 0.717) is 6.42 Å². The van der Waals surface area contributed by atoms with Crippen LogP contribution >= 0.6 is 0 Å². The van der Waals surface area contributed by atoms with Crippen LogP contribution in [0.3, 0.4) is 0 Å². The van der Waals surface area contributed by atoms with E-state index in [9.17, 15) is 15.0 Å². The highest BCUT2D eigenvalue weighted by Crippen LogP contribution is 2.43. The first kappa shape index (κ1) is 13.7. The van der Waals surface area contributed by atoms with Gasteiger partial charge in [0.1, 0.15) is 17.3 Å². The largest absolute Gasteiger partial charge is 0.508 e. The van der Waals surface area contributed by atoms with E-state index >= 15 is 0 Å². The second kappa shape index (κ2) is 5.24. The zero-order chi connectivity index (χ0) is 14.9. The first-order chi connectivity index (χ1) is 10.1. The molecule has 0 aromatic heterocycles. The van der Waals surface area contributed by atoms with Gasteiger partial charge in [-0.25, -0.2) is 0 Å². The van der Waals surface area contributed by atoms with Crippen LogP contribution in [0.1, 0.15) is 36.8 Å². The van der Waals surface area contributed by atoms with Crippen LogP contribution in [0.25, 0.3) is 0 Å². The highest BCUT2D eigenvalue weighted by Gasteiger charge is 2.42. The molecule has 2 aromatic rings. The lowest BCUT2D eigenvalue weighted by molar-refractivity contribution is -0.125. The van der Waals surface area contributed by atoms with E-state index in [4.69, 9.17) is 0 Å². The maximum atomic E-state index is 12.8. The van der Waals surface area contributed by atoms with Gasteiger partial charge in [-0.2, -0.15) is 0 Å². The van der Waals surface area contributed by atoms with Crippen LogP contribution in [0.15, 0.2) is 48.5 Å². The highest BCUT2D eigenvalue weighted by molar-refractivity contribution is 5.94. The SMILES string of the molecule is O=C1CCCCC1(c1ccc(O)cc1)c1ccc(O)cc1. The molecule has 1 fully saturated rings. The molecule has 0 spiro atoms. The number of carbonyl (C=O) groups excluding carboxylic acids is 1.